The van der Waals surface area contributed by atoms with Crippen LogP contribution in [0, 0.1) is 5.92 Å². The lowest BCUT2D eigenvalue weighted by Gasteiger charge is -2.36. The van der Waals surface area contributed by atoms with Gasteiger partial charge in [-0.1, -0.05) is 32.1 Å². The van der Waals surface area contributed by atoms with Gasteiger partial charge >= 0.3 is 0 Å². The molecule has 1 saturated carbocycles. The van der Waals surface area contributed by atoms with E-state index in [1.165, 1.54) is 38.5 Å². The van der Waals surface area contributed by atoms with Gasteiger partial charge in [-0.3, -0.25) is 0 Å². The minimum atomic E-state index is 0.279. The third-order valence-corrected chi connectivity index (χ3v) is 5.33. The zero-order valence-electron chi connectivity index (χ0n) is 14.6. The third kappa shape index (κ3) is 4.98. The Kier molecular flexibility index (Phi) is 6.01. The summed E-state index contributed by atoms with van der Waals surface area (Å²) in [7, 11) is 0. The van der Waals surface area contributed by atoms with Crippen molar-refractivity contribution in [2.24, 2.45) is 5.92 Å². The van der Waals surface area contributed by atoms with Crippen LogP contribution < -0.4 is 5.32 Å². The molecular formula is C19H31N3O. The molecule has 23 heavy (non-hydrogen) atoms. The second kappa shape index (κ2) is 8.20. The summed E-state index contributed by atoms with van der Waals surface area (Å²) in [6.45, 7) is 4.36. The molecule has 0 bridgehead atoms. The van der Waals surface area contributed by atoms with Crippen LogP contribution in [0.25, 0.3) is 0 Å². The van der Waals surface area contributed by atoms with Crippen LogP contribution in [-0.2, 0) is 4.74 Å². The van der Waals surface area contributed by atoms with E-state index in [9.17, 15) is 0 Å². The Morgan fingerprint density at radius 1 is 1.09 bits per heavy atom. The average Bonchev–Trinajstić information content (AvgIpc) is 2.55. The van der Waals surface area contributed by atoms with E-state index in [-0.39, 0.29) is 6.04 Å². The van der Waals surface area contributed by atoms with Crippen molar-refractivity contribution in [2.45, 2.75) is 89.5 Å². The minimum Gasteiger partial charge on any atom is -0.375 e. The lowest BCUT2D eigenvalue weighted by atomic mass is 9.84. The number of hydrogen-bond donors (Lipinski definition) is 1. The van der Waals surface area contributed by atoms with Crippen LogP contribution in [0.5, 0.6) is 0 Å². The molecule has 0 amide bonds. The Bertz CT molecular complexity index is 451. The fourth-order valence-corrected chi connectivity index (χ4v) is 4.32. The molecule has 3 atom stereocenters. The van der Waals surface area contributed by atoms with Gasteiger partial charge in [-0.25, -0.2) is 9.97 Å². The van der Waals surface area contributed by atoms with Gasteiger partial charge < -0.3 is 10.1 Å². The summed E-state index contributed by atoms with van der Waals surface area (Å²) in [5.41, 5.74) is 0. The highest BCUT2D eigenvalue weighted by Gasteiger charge is 2.29. The molecule has 1 aliphatic carbocycles. The van der Waals surface area contributed by atoms with E-state index in [1.54, 1.807) is 0 Å². The van der Waals surface area contributed by atoms with E-state index >= 15 is 0 Å². The third-order valence-electron chi connectivity index (χ3n) is 5.33. The molecule has 4 heteroatoms. The SMILES string of the molecule is C[C@@H]1CC(N[C@@H](CC2CCCCC2)c2ncccn2)C[C@@H](C)O1. The highest BCUT2D eigenvalue weighted by atomic mass is 16.5. The number of aromatic nitrogens is 2. The Balaban J connectivity index is 1.67. The fraction of sp³-hybridized carbons (Fsp3) is 0.789. The maximum Gasteiger partial charge on any atom is 0.145 e. The van der Waals surface area contributed by atoms with E-state index in [0.29, 0.717) is 18.2 Å². The molecule has 0 radical (unpaired) electrons. The standard InChI is InChI=1S/C19H31N3O/c1-14-11-17(12-15(2)23-14)22-18(19-20-9-6-10-21-19)13-16-7-4-3-5-8-16/h6,9-10,14-18,22H,3-5,7-8,11-13H2,1-2H3/t14-,15-,18+/m1/s1. The van der Waals surface area contributed by atoms with Crippen LogP contribution in [-0.4, -0.2) is 28.2 Å². The molecule has 4 nitrogen and oxygen atoms in total. The molecular weight excluding hydrogens is 286 g/mol. The summed E-state index contributed by atoms with van der Waals surface area (Å²) < 4.78 is 5.88. The predicted octanol–water partition coefficient (Wildman–Crippen LogP) is 4.03. The van der Waals surface area contributed by atoms with Crippen LogP contribution in [0.15, 0.2) is 18.5 Å². The minimum absolute atomic E-state index is 0.279. The van der Waals surface area contributed by atoms with E-state index in [4.69, 9.17) is 4.74 Å². The molecule has 2 aliphatic rings. The van der Waals surface area contributed by atoms with Crippen molar-refractivity contribution in [1.29, 1.82) is 0 Å². The topological polar surface area (TPSA) is 47.0 Å². The van der Waals surface area contributed by atoms with Gasteiger partial charge in [0.2, 0.25) is 0 Å². The fourth-order valence-electron chi connectivity index (χ4n) is 4.32. The number of ether oxygens (including phenoxy) is 1. The van der Waals surface area contributed by atoms with Gasteiger partial charge in [0.25, 0.3) is 0 Å². The molecule has 0 aromatic carbocycles. The maximum absolute atomic E-state index is 5.88. The molecule has 3 rings (SSSR count). The van der Waals surface area contributed by atoms with Crippen LogP contribution >= 0.6 is 0 Å². The summed E-state index contributed by atoms with van der Waals surface area (Å²) in [6, 6.07) is 2.69. The lowest BCUT2D eigenvalue weighted by Crippen LogP contribution is -2.43. The first-order valence-electron chi connectivity index (χ1n) is 9.39. The summed E-state index contributed by atoms with van der Waals surface area (Å²) in [5.74, 6) is 1.78. The average molecular weight is 317 g/mol. The quantitative estimate of drug-likeness (QED) is 0.890. The van der Waals surface area contributed by atoms with Crippen LogP contribution in [0.4, 0.5) is 0 Å². The Morgan fingerprint density at radius 2 is 1.74 bits per heavy atom. The molecule has 2 fully saturated rings. The van der Waals surface area contributed by atoms with Crippen LogP contribution in [0.2, 0.25) is 0 Å². The van der Waals surface area contributed by atoms with Crippen molar-refractivity contribution in [2.75, 3.05) is 0 Å². The van der Waals surface area contributed by atoms with Gasteiger partial charge in [-0.05, 0) is 45.1 Å². The first-order valence-corrected chi connectivity index (χ1v) is 9.39. The molecule has 1 aromatic heterocycles. The molecule has 1 N–H and O–H groups in total. The summed E-state index contributed by atoms with van der Waals surface area (Å²) in [6.07, 6.45) is 14.7. The van der Waals surface area contributed by atoms with Gasteiger partial charge in [0, 0.05) is 18.4 Å². The molecule has 0 spiro atoms. The van der Waals surface area contributed by atoms with E-state index < -0.39 is 0 Å². The van der Waals surface area contributed by atoms with Crippen molar-refractivity contribution >= 4 is 0 Å². The van der Waals surface area contributed by atoms with Gasteiger partial charge in [-0.15, -0.1) is 0 Å². The number of hydrogen-bond acceptors (Lipinski definition) is 4. The Hall–Kier alpha value is -1.00. The van der Waals surface area contributed by atoms with Gasteiger partial charge in [-0.2, -0.15) is 0 Å². The highest BCUT2D eigenvalue weighted by molar-refractivity contribution is 4.98. The monoisotopic (exact) mass is 317 g/mol. The second-order valence-electron chi connectivity index (χ2n) is 7.49. The Morgan fingerprint density at radius 3 is 2.39 bits per heavy atom. The molecule has 0 unspecified atom stereocenters. The predicted molar refractivity (Wildman–Crippen MR) is 92.1 cm³/mol. The van der Waals surface area contributed by atoms with Gasteiger partial charge in [0.05, 0.1) is 18.2 Å². The van der Waals surface area contributed by atoms with Gasteiger partial charge in [0.15, 0.2) is 0 Å². The number of nitrogens with zero attached hydrogens (tertiary/aromatic N) is 2. The number of nitrogens with one attached hydrogen (secondary N) is 1. The molecule has 1 saturated heterocycles. The van der Waals surface area contributed by atoms with Crippen molar-refractivity contribution in [3.05, 3.63) is 24.3 Å². The second-order valence-corrected chi connectivity index (χ2v) is 7.49. The Labute approximate surface area is 140 Å². The molecule has 2 heterocycles. The summed E-state index contributed by atoms with van der Waals surface area (Å²) >= 11 is 0. The van der Waals surface area contributed by atoms with Crippen molar-refractivity contribution in [1.82, 2.24) is 15.3 Å². The largest absolute Gasteiger partial charge is 0.375 e. The molecule has 128 valence electrons. The van der Waals surface area contributed by atoms with Gasteiger partial charge in [0.1, 0.15) is 5.82 Å². The number of rotatable bonds is 5. The zero-order valence-corrected chi connectivity index (χ0v) is 14.6. The maximum atomic E-state index is 5.88. The van der Waals surface area contributed by atoms with E-state index in [0.717, 1.165) is 24.6 Å². The first-order chi connectivity index (χ1) is 11.2. The first kappa shape index (κ1) is 16.8. The zero-order chi connectivity index (χ0) is 16.1. The van der Waals surface area contributed by atoms with Crippen molar-refractivity contribution in [3.8, 4) is 0 Å². The van der Waals surface area contributed by atoms with Crippen molar-refractivity contribution < 1.29 is 4.74 Å². The lowest BCUT2D eigenvalue weighted by molar-refractivity contribution is -0.0442. The molecule has 1 aromatic rings. The van der Waals surface area contributed by atoms with Crippen LogP contribution in [0.1, 0.15) is 77.1 Å². The van der Waals surface area contributed by atoms with Crippen molar-refractivity contribution in [3.63, 3.8) is 0 Å². The normalized spacial score (nSPS) is 31.0. The molecule has 1 aliphatic heterocycles. The summed E-state index contributed by atoms with van der Waals surface area (Å²) in [5, 5.41) is 3.88. The highest BCUT2D eigenvalue weighted by Crippen LogP contribution is 2.32. The summed E-state index contributed by atoms with van der Waals surface area (Å²) in [4.78, 5) is 9.09. The van der Waals surface area contributed by atoms with E-state index in [1.807, 2.05) is 18.5 Å². The van der Waals surface area contributed by atoms with Crippen LogP contribution in [0.3, 0.4) is 0 Å². The smallest absolute Gasteiger partial charge is 0.145 e. The van der Waals surface area contributed by atoms with E-state index in [2.05, 4.69) is 29.1 Å².